The Morgan fingerprint density at radius 1 is 1.30 bits per heavy atom. The van der Waals surface area contributed by atoms with Crippen LogP contribution >= 0.6 is 11.3 Å². The second-order valence-corrected chi connectivity index (χ2v) is 6.19. The number of nitrogens with zero attached hydrogens (tertiary/aromatic N) is 2. The number of hydrazone groups is 1. The van der Waals surface area contributed by atoms with Crippen LogP contribution in [0.15, 0.2) is 40.8 Å². The monoisotopic (exact) mass is 330 g/mol. The van der Waals surface area contributed by atoms with Gasteiger partial charge in [0.1, 0.15) is 11.5 Å². The molecule has 0 saturated carbocycles. The average molecular weight is 330 g/mol. The summed E-state index contributed by atoms with van der Waals surface area (Å²) in [5, 5.41) is 8.12. The zero-order valence-corrected chi connectivity index (χ0v) is 14.1. The quantitative estimate of drug-likeness (QED) is 0.862. The SMILES string of the molecule is COc1ccc(OC)c(C2=NN(C(C)=O)[C@H](c3cccs3)C2)c1. The van der Waals surface area contributed by atoms with Gasteiger partial charge in [0.2, 0.25) is 5.91 Å². The summed E-state index contributed by atoms with van der Waals surface area (Å²) < 4.78 is 10.7. The summed E-state index contributed by atoms with van der Waals surface area (Å²) in [5.74, 6) is 1.39. The van der Waals surface area contributed by atoms with Crippen LogP contribution in [0.4, 0.5) is 0 Å². The van der Waals surface area contributed by atoms with Gasteiger partial charge in [0.05, 0.1) is 26.0 Å². The standard InChI is InChI=1S/C17H18N2O3S/c1-11(20)19-15(17-5-4-8-23-17)10-14(18-19)13-9-12(21-2)6-7-16(13)22-3/h4-9,15H,10H2,1-3H3/t15-/m0/s1. The maximum atomic E-state index is 12.0. The summed E-state index contributed by atoms with van der Waals surface area (Å²) in [6, 6.07) is 9.56. The van der Waals surface area contributed by atoms with Gasteiger partial charge in [-0.15, -0.1) is 11.3 Å². The third kappa shape index (κ3) is 2.94. The molecule has 6 heteroatoms. The van der Waals surface area contributed by atoms with Crippen LogP contribution in [-0.4, -0.2) is 30.8 Å². The molecule has 2 heterocycles. The molecule has 120 valence electrons. The number of hydrogen-bond acceptors (Lipinski definition) is 5. The molecular formula is C17H18N2O3S. The molecule has 1 aromatic carbocycles. The number of carbonyl (C=O) groups is 1. The fraction of sp³-hybridized carbons (Fsp3) is 0.294. The van der Waals surface area contributed by atoms with Gasteiger partial charge in [0.15, 0.2) is 0 Å². The number of amides is 1. The minimum Gasteiger partial charge on any atom is -0.497 e. The van der Waals surface area contributed by atoms with Gasteiger partial charge in [-0.2, -0.15) is 5.10 Å². The Balaban J connectivity index is 2.00. The lowest BCUT2D eigenvalue weighted by Crippen LogP contribution is -2.23. The van der Waals surface area contributed by atoms with Crippen LogP contribution in [0, 0.1) is 0 Å². The molecular weight excluding hydrogens is 312 g/mol. The molecule has 23 heavy (non-hydrogen) atoms. The molecule has 0 radical (unpaired) electrons. The van der Waals surface area contributed by atoms with Crippen molar-refractivity contribution in [2.45, 2.75) is 19.4 Å². The Hall–Kier alpha value is -2.34. The minimum absolute atomic E-state index is 0.0570. The van der Waals surface area contributed by atoms with E-state index in [0.29, 0.717) is 6.42 Å². The fourth-order valence-corrected chi connectivity index (χ4v) is 3.52. The molecule has 0 aliphatic carbocycles. The van der Waals surface area contributed by atoms with Crippen molar-refractivity contribution in [1.29, 1.82) is 0 Å². The summed E-state index contributed by atoms with van der Waals surface area (Å²) >= 11 is 1.63. The molecule has 1 amide bonds. The summed E-state index contributed by atoms with van der Waals surface area (Å²) in [5.41, 5.74) is 1.69. The van der Waals surface area contributed by atoms with Gasteiger partial charge in [-0.05, 0) is 29.6 Å². The largest absolute Gasteiger partial charge is 0.497 e. The molecule has 1 aliphatic rings. The highest BCUT2D eigenvalue weighted by molar-refractivity contribution is 7.10. The first-order valence-electron chi connectivity index (χ1n) is 7.27. The normalized spacial score (nSPS) is 17.1. The van der Waals surface area contributed by atoms with Crippen LogP contribution in [0.3, 0.4) is 0 Å². The number of rotatable bonds is 4. The highest BCUT2D eigenvalue weighted by Crippen LogP contribution is 2.37. The van der Waals surface area contributed by atoms with Crippen molar-refractivity contribution >= 4 is 23.0 Å². The van der Waals surface area contributed by atoms with Crippen molar-refractivity contribution in [3.05, 3.63) is 46.2 Å². The Morgan fingerprint density at radius 2 is 2.13 bits per heavy atom. The second kappa shape index (κ2) is 6.42. The molecule has 0 spiro atoms. The predicted octanol–water partition coefficient (Wildman–Crippen LogP) is 3.46. The van der Waals surface area contributed by atoms with E-state index in [-0.39, 0.29) is 11.9 Å². The first-order chi connectivity index (χ1) is 11.1. The van der Waals surface area contributed by atoms with Gasteiger partial charge in [0.25, 0.3) is 0 Å². The highest BCUT2D eigenvalue weighted by atomic mass is 32.1. The summed E-state index contributed by atoms with van der Waals surface area (Å²) in [6.45, 7) is 1.54. The van der Waals surface area contributed by atoms with Crippen LogP contribution in [0.1, 0.15) is 29.8 Å². The summed E-state index contributed by atoms with van der Waals surface area (Å²) in [4.78, 5) is 13.1. The summed E-state index contributed by atoms with van der Waals surface area (Å²) in [6.07, 6.45) is 0.656. The van der Waals surface area contributed by atoms with Crippen molar-refractivity contribution < 1.29 is 14.3 Å². The smallest absolute Gasteiger partial charge is 0.240 e. The lowest BCUT2D eigenvalue weighted by Gasteiger charge is -2.18. The zero-order valence-electron chi connectivity index (χ0n) is 13.3. The molecule has 2 aromatic rings. The molecule has 3 rings (SSSR count). The van der Waals surface area contributed by atoms with Crippen molar-refractivity contribution in [2.75, 3.05) is 14.2 Å². The molecule has 1 aliphatic heterocycles. The number of thiophene rings is 1. The molecule has 0 fully saturated rings. The maximum absolute atomic E-state index is 12.0. The molecule has 1 atom stereocenters. The Kier molecular flexibility index (Phi) is 4.34. The van der Waals surface area contributed by atoms with Crippen molar-refractivity contribution in [2.24, 2.45) is 5.10 Å². The van der Waals surface area contributed by atoms with Crippen LogP contribution in [-0.2, 0) is 4.79 Å². The molecule has 0 N–H and O–H groups in total. The molecule has 0 unspecified atom stereocenters. The molecule has 0 bridgehead atoms. The van der Waals surface area contributed by atoms with E-state index in [0.717, 1.165) is 27.7 Å². The van der Waals surface area contributed by atoms with E-state index in [1.54, 1.807) is 30.6 Å². The van der Waals surface area contributed by atoms with Gasteiger partial charge >= 0.3 is 0 Å². The van der Waals surface area contributed by atoms with Crippen LogP contribution in [0.5, 0.6) is 11.5 Å². The van der Waals surface area contributed by atoms with Crippen molar-refractivity contribution in [3.8, 4) is 11.5 Å². The van der Waals surface area contributed by atoms with E-state index >= 15 is 0 Å². The topological polar surface area (TPSA) is 51.1 Å². The van der Waals surface area contributed by atoms with E-state index in [1.807, 2.05) is 35.7 Å². The van der Waals surface area contributed by atoms with Gasteiger partial charge in [-0.1, -0.05) is 6.07 Å². The lowest BCUT2D eigenvalue weighted by atomic mass is 10.0. The first kappa shape index (κ1) is 15.6. The van der Waals surface area contributed by atoms with Crippen molar-refractivity contribution in [1.82, 2.24) is 5.01 Å². The minimum atomic E-state index is -0.0692. The highest BCUT2D eigenvalue weighted by Gasteiger charge is 2.33. The number of benzene rings is 1. The third-order valence-corrected chi connectivity index (χ3v) is 4.80. The summed E-state index contributed by atoms with van der Waals surface area (Å²) in [7, 11) is 3.25. The fourth-order valence-electron chi connectivity index (χ4n) is 2.71. The van der Waals surface area contributed by atoms with Crippen molar-refractivity contribution in [3.63, 3.8) is 0 Å². The molecule has 5 nitrogen and oxygen atoms in total. The molecule has 0 saturated heterocycles. The lowest BCUT2D eigenvalue weighted by molar-refractivity contribution is -0.130. The van der Waals surface area contributed by atoms with Gasteiger partial charge in [-0.3, -0.25) is 4.79 Å². The van der Waals surface area contributed by atoms with E-state index in [1.165, 1.54) is 6.92 Å². The van der Waals surface area contributed by atoms with Gasteiger partial charge in [-0.25, -0.2) is 5.01 Å². The molecule has 1 aromatic heterocycles. The van der Waals surface area contributed by atoms with E-state index in [2.05, 4.69) is 5.10 Å². The maximum Gasteiger partial charge on any atom is 0.240 e. The third-order valence-electron chi connectivity index (χ3n) is 3.82. The first-order valence-corrected chi connectivity index (χ1v) is 8.15. The van der Waals surface area contributed by atoms with E-state index in [9.17, 15) is 4.79 Å². The van der Waals surface area contributed by atoms with E-state index < -0.39 is 0 Å². The average Bonchev–Trinajstić information content (AvgIpc) is 3.23. The number of hydrogen-bond donors (Lipinski definition) is 0. The van der Waals surface area contributed by atoms with E-state index in [4.69, 9.17) is 9.47 Å². The Labute approximate surface area is 139 Å². The van der Waals surface area contributed by atoms with Crippen LogP contribution in [0.2, 0.25) is 0 Å². The Bertz CT molecular complexity index is 740. The Morgan fingerprint density at radius 3 is 2.74 bits per heavy atom. The number of methoxy groups -OCH3 is 2. The number of ether oxygens (including phenoxy) is 2. The van der Waals surface area contributed by atoms with Gasteiger partial charge in [0, 0.05) is 23.8 Å². The number of carbonyl (C=O) groups excluding carboxylic acids is 1. The second-order valence-electron chi connectivity index (χ2n) is 5.21. The van der Waals surface area contributed by atoms with Gasteiger partial charge < -0.3 is 9.47 Å². The predicted molar refractivity (Wildman–Crippen MR) is 90.3 cm³/mol. The van der Waals surface area contributed by atoms with Crippen LogP contribution < -0.4 is 9.47 Å². The van der Waals surface area contributed by atoms with Crippen LogP contribution in [0.25, 0.3) is 0 Å². The zero-order chi connectivity index (χ0) is 16.4.